The van der Waals surface area contributed by atoms with E-state index >= 15 is 0 Å². The Kier molecular flexibility index (Phi) is 18.6. The Hall–Kier alpha value is -1.83. The Balaban J connectivity index is 1.77. The summed E-state index contributed by atoms with van der Waals surface area (Å²) in [6, 6.07) is 0. The summed E-state index contributed by atoms with van der Waals surface area (Å²) >= 11 is 0. The van der Waals surface area contributed by atoms with Crippen LogP contribution in [0.25, 0.3) is 0 Å². The number of carbonyl (C=O) groups excluding carboxylic acids is 3. The van der Waals surface area contributed by atoms with Crippen molar-refractivity contribution in [2.24, 2.45) is 0 Å². The van der Waals surface area contributed by atoms with Crippen LogP contribution in [-0.2, 0) is 33.3 Å². The third-order valence-electron chi connectivity index (χ3n) is 8.13. The Morgan fingerprint density at radius 3 is 1.63 bits per heavy atom. The first-order valence-electron chi connectivity index (χ1n) is 16.3. The maximum Gasteiger partial charge on any atom is 0.234 e. The molecule has 46 heavy (non-hydrogen) atoms. The molecule has 0 saturated carbocycles. The molecule has 2 amide bonds. The van der Waals surface area contributed by atoms with Gasteiger partial charge >= 0.3 is 0 Å². The molecule has 268 valence electrons. The van der Waals surface area contributed by atoms with Crippen molar-refractivity contribution in [3.05, 3.63) is 0 Å². The fourth-order valence-corrected chi connectivity index (χ4v) is 5.02. The Labute approximate surface area is 270 Å². The van der Waals surface area contributed by atoms with Crippen molar-refractivity contribution in [3.8, 4) is 0 Å². The maximum atomic E-state index is 13.1. The number of aliphatic hydroxyl groups is 6. The first-order chi connectivity index (χ1) is 21.9. The molecule has 0 aliphatic carbocycles. The SMILES string of the molecule is CCC(=O)CNNC(=O)CCCCC(=O)N(CCCCO[C@@H]1O[C@@H](C)[C@@H](O)[C@@H](O)[C@@H]1O)CCCCO[C@@H]1O[C@@H](C)[C@@H](O)[C@@H](O)[C@@H]1O. The molecule has 16 heteroatoms. The highest BCUT2D eigenvalue weighted by Crippen LogP contribution is 2.23. The van der Waals surface area contributed by atoms with Gasteiger partial charge in [-0.05, 0) is 52.4 Å². The number of hydrazine groups is 1. The predicted octanol–water partition coefficient (Wildman–Crippen LogP) is -1.78. The average molecular weight is 666 g/mol. The summed E-state index contributed by atoms with van der Waals surface area (Å²) < 4.78 is 22.1. The van der Waals surface area contributed by atoms with E-state index in [1.165, 1.54) is 0 Å². The molecule has 0 spiro atoms. The molecule has 0 aromatic heterocycles. The van der Waals surface area contributed by atoms with E-state index in [0.717, 1.165) is 0 Å². The minimum Gasteiger partial charge on any atom is -0.388 e. The summed E-state index contributed by atoms with van der Waals surface area (Å²) in [5.41, 5.74) is 5.07. The standard InChI is InChI=1S/C30H55N3O13/c1-4-20(34)17-31-32-21(35)11-5-6-12-22(36)33(13-7-9-15-43-29-27(41)25(39)23(37)18(2)45-29)14-8-10-16-44-30-28(42)26(40)24(38)19(3)46-30/h18-19,23-31,37-42H,4-17H2,1-3H3,(H,32,35)/t18-,19-,23+,24+,25+,26+,27-,28-,29+,30+/m0/s1. The van der Waals surface area contributed by atoms with E-state index in [1.54, 1.807) is 25.7 Å². The highest BCUT2D eigenvalue weighted by atomic mass is 16.7. The molecule has 2 heterocycles. The lowest BCUT2D eigenvalue weighted by Crippen LogP contribution is -2.57. The van der Waals surface area contributed by atoms with Gasteiger partial charge in [0, 0.05) is 45.6 Å². The van der Waals surface area contributed by atoms with Crippen LogP contribution in [0.15, 0.2) is 0 Å². The minimum atomic E-state index is -1.39. The van der Waals surface area contributed by atoms with Crippen LogP contribution in [0.2, 0.25) is 0 Å². The van der Waals surface area contributed by atoms with Gasteiger partial charge in [0.2, 0.25) is 11.8 Å². The zero-order valence-corrected chi connectivity index (χ0v) is 27.2. The number of hydrogen-bond donors (Lipinski definition) is 8. The molecule has 0 aromatic rings. The zero-order chi connectivity index (χ0) is 34.2. The number of carbonyl (C=O) groups is 3. The Morgan fingerprint density at radius 1 is 0.674 bits per heavy atom. The first-order valence-corrected chi connectivity index (χ1v) is 16.3. The monoisotopic (exact) mass is 665 g/mol. The van der Waals surface area contributed by atoms with Gasteiger partial charge in [-0.2, -0.15) is 0 Å². The molecule has 10 atom stereocenters. The fraction of sp³-hybridized carbons (Fsp3) is 0.900. The Bertz CT molecular complexity index is 871. The summed E-state index contributed by atoms with van der Waals surface area (Å²) in [4.78, 5) is 38.1. The molecule has 2 saturated heterocycles. The largest absolute Gasteiger partial charge is 0.388 e. The van der Waals surface area contributed by atoms with Crippen LogP contribution in [0.3, 0.4) is 0 Å². The quantitative estimate of drug-likeness (QED) is 0.0500. The second kappa shape index (κ2) is 21.2. The highest BCUT2D eigenvalue weighted by Gasteiger charge is 2.43. The van der Waals surface area contributed by atoms with Crippen LogP contribution in [0.4, 0.5) is 0 Å². The molecule has 0 bridgehead atoms. The van der Waals surface area contributed by atoms with Crippen molar-refractivity contribution in [2.75, 3.05) is 32.8 Å². The van der Waals surface area contributed by atoms with E-state index in [4.69, 9.17) is 18.9 Å². The topological polar surface area (TPSA) is 237 Å². The van der Waals surface area contributed by atoms with Crippen LogP contribution in [0, 0.1) is 0 Å². The van der Waals surface area contributed by atoms with E-state index in [2.05, 4.69) is 10.9 Å². The lowest BCUT2D eigenvalue weighted by molar-refractivity contribution is -0.293. The van der Waals surface area contributed by atoms with Crippen molar-refractivity contribution in [1.82, 2.24) is 15.8 Å². The van der Waals surface area contributed by atoms with E-state index in [9.17, 15) is 45.0 Å². The normalized spacial score (nSPS) is 31.4. The molecule has 0 radical (unpaired) electrons. The van der Waals surface area contributed by atoms with Gasteiger partial charge in [0.25, 0.3) is 0 Å². The molecule has 8 N–H and O–H groups in total. The molecular formula is C30H55N3O13. The van der Waals surface area contributed by atoms with Crippen LogP contribution < -0.4 is 10.9 Å². The summed E-state index contributed by atoms with van der Waals surface area (Å²) in [5.74, 6) is -0.367. The molecule has 0 aromatic carbocycles. The summed E-state index contributed by atoms with van der Waals surface area (Å²) in [6.07, 6.45) is -7.53. The van der Waals surface area contributed by atoms with Crippen LogP contribution in [0.1, 0.15) is 78.6 Å². The van der Waals surface area contributed by atoms with E-state index in [1.807, 2.05) is 0 Å². The third kappa shape index (κ3) is 13.4. The first kappa shape index (κ1) is 40.3. The molecular weight excluding hydrogens is 610 g/mol. The van der Waals surface area contributed by atoms with Gasteiger partial charge in [-0.3, -0.25) is 19.8 Å². The number of ether oxygens (including phenoxy) is 4. The summed E-state index contributed by atoms with van der Waals surface area (Å²) in [5, 5.41) is 59.8. The second-order valence-electron chi connectivity index (χ2n) is 11.9. The van der Waals surface area contributed by atoms with Gasteiger partial charge in [-0.25, -0.2) is 5.43 Å². The van der Waals surface area contributed by atoms with Gasteiger partial charge in [-0.1, -0.05) is 6.92 Å². The van der Waals surface area contributed by atoms with Gasteiger partial charge in [0.05, 0.1) is 18.8 Å². The number of nitrogens with one attached hydrogen (secondary N) is 2. The molecule has 2 aliphatic heterocycles. The molecule has 2 rings (SSSR count). The number of unbranched alkanes of at least 4 members (excludes halogenated alkanes) is 3. The zero-order valence-electron chi connectivity index (χ0n) is 27.2. The van der Waals surface area contributed by atoms with Crippen molar-refractivity contribution in [2.45, 2.75) is 140 Å². The molecule has 2 fully saturated rings. The number of hydrogen-bond acceptors (Lipinski definition) is 14. The lowest BCUT2D eigenvalue weighted by atomic mass is 10.0. The summed E-state index contributed by atoms with van der Waals surface area (Å²) in [7, 11) is 0. The van der Waals surface area contributed by atoms with Crippen molar-refractivity contribution >= 4 is 17.6 Å². The number of ketones is 1. The van der Waals surface area contributed by atoms with Crippen LogP contribution in [0.5, 0.6) is 0 Å². The highest BCUT2D eigenvalue weighted by molar-refractivity contribution is 5.81. The van der Waals surface area contributed by atoms with Crippen molar-refractivity contribution in [3.63, 3.8) is 0 Å². The molecule has 2 aliphatic rings. The van der Waals surface area contributed by atoms with Crippen molar-refractivity contribution in [1.29, 1.82) is 0 Å². The number of Topliss-reactive ketones (excluding diaryl/α,β-unsaturated/α-hetero) is 1. The van der Waals surface area contributed by atoms with Gasteiger partial charge in [0.15, 0.2) is 12.6 Å². The number of nitrogens with zero attached hydrogens (tertiary/aromatic N) is 1. The number of rotatable bonds is 21. The lowest BCUT2D eigenvalue weighted by Gasteiger charge is -2.39. The molecule has 16 nitrogen and oxygen atoms in total. The van der Waals surface area contributed by atoms with Crippen LogP contribution >= 0.6 is 0 Å². The van der Waals surface area contributed by atoms with Gasteiger partial charge in [-0.15, -0.1) is 0 Å². The van der Waals surface area contributed by atoms with E-state index in [0.29, 0.717) is 58.0 Å². The van der Waals surface area contributed by atoms with Gasteiger partial charge < -0.3 is 54.5 Å². The summed E-state index contributed by atoms with van der Waals surface area (Å²) in [6.45, 7) is 6.19. The average Bonchev–Trinajstić information content (AvgIpc) is 3.03. The van der Waals surface area contributed by atoms with Crippen LogP contribution in [-0.4, -0.2) is 147 Å². The fourth-order valence-electron chi connectivity index (χ4n) is 5.02. The van der Waals surface area contributed by atoms with Crippen molar-refractivity contribution < 1.29 is 64.0 Å². The minimum absolute atomic E-state index is 0.0228. The third-order valence-corrected chi connectivity index (χ3v) is 8.13. The predicted molar refractivity (Wildman–Crippen MR) is 162 cm³/mol. The number of aliphatic hydroxyl groups excluding tert-OH is 6. The smallest absolute Gasteiger partial charge is 0.234 e. The maximum absolute atomic E-state index is 13.1. The van der Waals surface area contributed by atoms with E-state index in [-0.39, 0.29) is 50.2 Å². The van der Waals surface area contributed by atoms with E-state index < -0.39 is 61.4 Å². The number of amides is 2. The van der Waals surface area contributed by atoms with Gasteiger partial charge in [0.1, 0.15) is 42.4 Å². The second-order valence-corrected chi connectivity index (χ2v) is 11.9. The Morgan fingerprint density at radius 2 is 1.15 bits per heavy atom. The molecule has 0 unspecified atom stereocenters.